The summed E-state index contributed by atoms with van der Waals surface area (Å²) in [5.41, 5.74) is 0.507. The molecule has 0 aliphatic heterocycles. The molecule has 1 atom stereocenters. The predicted molar refractivity (Wildman–Crippen MR) is 48.1 cm³/mol. The number of aliphatic carboxylic acids is 1. The van der Waals surface area contributed by atoms with E-state index in [1.54, 1.807) is 24.4 Å². The van der Waals surface area contributed by atoms with E-state index >= 15 is 0 Å². The fourth-order valence-corrected chi connectivity index (χ4v) is 1.02. The third-order valence-corrected chi connectivity index (χ3v) is 1.66. The first-order valence-corrected chi connectivity index (χ1v) is 3.83. The Morgan fingerprint density at radius 2 is 2.46 bits per heavy atom. The summed E-state index contributed by atoms with van der Waals surface area (Å²) in [6.45, 7) is 0. The molecule has 0 saturated heterocycles. The molecule has 1 unspecified atom stereocenters. The van der Waals surface area contributed by atoms with Crippen molar-refractivity contribution in [2.75, 3.05) is 0 Å². The van der Waals surface area contributed by atoms with E-state index in [9.17, 15) is 4.79 Å². The maximum absolute atomic E-state index is 10.8. The Morgan fingerprint density at radius 1 is 1.69 bits per heavy atom. The van der Waals surface area contributed by atoms with Crippen molar-refractivity contribution in [1.29, 1.82) is 0 Å². The molecule has 0 aliphatic rings. The van der Waals surface area contributed by atoms with Crippen LogP contribution in [-0.4, -0.2) is 16.1 Å². The molecule has 0 radical (unpaired) electrons. The molecule has 1 rings (SSSR count). The first kappa shape index (κ1) is 9.27. The summed E-state index contributed by atoms with van der Waals surface area (Å²) < 4.78 is 0. The van der Waals surface area contributed by atoms with Crippen LogP contribution in [0, 0.1) is 12.3 Å². The van der Waals surface area contributed by atoms with Crippen molar-refractivity contribution in [3.63, 3.8) is 0 Å². The van der Waals surface area contributed by atoms with Gasteiger partial charge in [0.05, 0.1) is 5.69 Å². The Bertz CT molecular complexity index is 327. The minimum atomic E-state index is -0.934. The average Bonchev–Trinajstić information content (AvgIpc) is 2.15. The van der Waals surface area contributed by atoms with Gasteiger partial charge in [-0.3, -0.25) is 9.78 Å². The normalized spacial score (nSPS) is 11.6. The molecule has 1 aromatic heterocycles. The molecule has 1 heterocycles. The van der Waals surface area contributed by atoms with Gasteiger partial charge in [0.2, 0.25) is 0 Å². The Morgan fingerprint density at radius 3 is 2.92 bits per heavy atom. The van der Waals surface area contributed by atoms with Gasteiger partial charge in [0.15, 0.2) is 0 Å². The first-order chi connectivity index (χ1) is 6.25. The van der Waals surface area contributed by atoms with Crippen LogP contribution in [-0.2, 0) is 4.79 Å². The van der Waals surface area contributed by atoms with Crippen molar-refractivity contribution in [3.8, 4) is 12.3 Å². The number of carboxylic acid groups (broad SMARTS) is 1. The van der Waals surface area contributed by atoms with Crippen LogP contribution >= 0.6 is 0 Å². The molecule has 1 N–H and O–H groups in total. The van der Waals surface area contributed by atoms with Gasteiger partial charge in [-0.15, -0.1) is 12.3 Å². The van der Waals surface area contributed by atoms with Gasteiger partial charge in [-0.25, -0.2) is 0 Å². The Hall–Kier alpha value is -1.82. The maximum atomic E-state index is 10.8. The minimum absolute atomic E-state index is 0.173. The summed E-state index contributed by atoms with van der Waals surface area (Å²) in [6.07, 6.45) is 6.79. The number of hydrogen-bond acceptors (Lipinski definition) is 2. The lowest BCUT2D eigenvalue weighted by atomic mass is 10.0. The lowest BCUT2D eigenvalue weighted by Gasteiger charge is -2.06. The topological polar surface area (TPSA) is 50.2 Å². The zero-order chi connectivity index (χ0) is 9.68. The molecular weight excluding hydrogens is 166 g/mol. The lowest BCUT2D eigenvalue weighted by molar-refractivity contribution is -0.138. The highest BCUT2D eigenvalue weighted by Crippen LogP contribution is 2.16. The van der Waals surface area contributed by atoms with Gasteiger partial charge in [-0.05, 0) is 12.1 Å². The summed E-state index contributed by atoms with van der Waals surface area (Å²) in [5, 5.41) is 8.82. The maximum Gasteiger partial charge on any atom is 0.313 e. The quantitative estimate of drug-likeness (QED) is 0.704. The van der Waals surface area contributed by atoms with Crippen molar-refractivity contribution in [1.82, 2.24) is 4.98 Å². The number of aromatic nitrogens is 1. The third-order valence-electron chi connectivity index (χ3n) is 1.66. The predicted octanol–water partition coefficient (Wildman–Crippen LogP) is 1.27. The van der Waals surface area contributed by atoms with E-state index in [0.29, 0.717) is 5.69 Å². The van der Waals surface area contributed by atoms with Gasteiger partial charge >= 0.3 is 5.97 Å². The largest absolute Gasteiger partial charge is 0.481 e. The molecule has 0 aromatic carbocycles. The molecule has 13 heavy (non-hydrogen) atoms. The molecule has 0 saturated carbocycles. The van der Waals surface area contributed by atoms with Crippen LogP contribution in [0.25, 0.3) is 0 Å². The number of terminal acetylenes is 1. The zero-order valence-corrected chi connectivity index (χ0v) is 6.97. The number of pyridine rings is 1. The van der Waals surface area contributed by atoms with Crippen LogP contribution < -0.4 is 0 Å². The third kappa shape index (κ3) is 2.31. The molecule has 0 amide bonds. The highest BCUT2D eigenvalue weighted by Gasteiger charge is 2.19. The molecule has 0 fully saturated rings. The van der Waals surface area contributed by atoms with Gasteiger partial charge in [-0.2, -0.15) is 0 Å². The Balaban J connectivity index is 2.90. The van der Waals surface area contributed by atoms with E-state index in [1.165, 1.54) is 0 Å². The molecule has 0 bridgehead atoms. The molecule has 1 aromatic rings. The molecule has 3 heteroatoms. The smallest absolute Gasteiger partial charge is 0.313 e. The summed E-state index contributed by atoms with van der Waals surface area (Å²) in [7, 11) is 0. The van der Waals surface area contributed by atoms with Gasteiger partial charge in [0.25, 0.3) is 0 Å². The fraction of sp³-hybridized carbons (Fsp3) is 0.200. The Labute approximate surface area is 76.4 Å². The van der Waals surface area contributed by atoms with E-state index in [2.05, 4.69) is 10.9 Å². The second-order valence-corrected chi connectivity index (χ2v) is 2.55. The zero-order valence-electron chi connectivity index (χ0n) is 6.97. The standard InChI is InChI=1S/C10H9NO2/c1-2-5-8(10(12)13)9-6-3-4-7-11-9/h1,3-4,6-8H,5H2,(H,12,13). The SMILES string of the molecule is C#CCC(C(=O)O)c1ccccn1. The van der Waals surface area contributed by atoms with Crippen molar-refractivity contribution >= 4 is 5.97 Å². The second-order valence-electron chi connectivity index (χ2n) is 2.55. The monoisotopic (exact) mass is 175 g/mol. The lowest BCUT2D eigenvalue weighted by Crippen LogP contribution is -2.12. The van der Waals surface area contributed by atoms with Crippen LogP contribution in [0.5, 0.6) is 0 Å². The number of hydrogen-bond donors (Lipinski definition) is 1. The summed E-state index contributed by atoms with van der Waals surface area (Å²) >= 11 is 0. The number of rotatable bonds is 3. The molecular formula is C10H9NO2. The summed E-state index contributed by atoms with van der Waals surface area (Å²) in [5.74, 6) is 0.704. The second kappa shape index (κ2) is 4.27. The number of nitrogens with zero attached hydrogens (tertiary/aromatic N) is 1. The fourth-order valence-electron chi connectivity index (χ4n) is 1.02. The summed E-state index contributed by atoms with van der Waals surface area (Å²) in [4.78, 5) is 14.7. The highest BCUT2D eigenvalue weighted by molar-refractivity contribution is 5.75. The molecule has 0 aliphatic carbocycles. The van der Waals surface area contributed by atoms with Crippen LogP contribution in [0.15, 0.2) is 24.4 Å². The van der Waals surface area contributed by atoms with Crippen molar-refractivity contribution in [3.05, 3.63) is 30.1 Å². The van der Waals surface area contributed by atoms with Crippen molar-refractivity contribution in [2.45, 2.75) is 12.3 Å². The van der Waals surface area contributed by atoms with E-state index in [-0.39, 0.29) is 6.42 Å². The van der Waals surface area contributed by atoms with E-state index in [0.717, 1.165) is 0 Å². The van der Waals surface area contributed by atoms with Crippen molar-refractivity contribution in [2.24, 2.45) is 0 Å². The van der Waals surface area contributed by atoms with Crippen LogP contribution in [0.3, 0.4) is 0 Å². The van der Waals surface area contributed by atoms with Gasteiger partial charge in [0.1, 0.15) is 5.92 Å². The van der Waals surface area contributed by atoms with Crippen molar-refractivity contribution < 1.29 is 9.90 Å². The van der Waals surface area contributed by atoms with Gasteiger partial charge in [0, 0.05) is 12.6 Å². The average molecular weight is 175 g/mol. The summed E-state index contributed by atoms with van der Waals surface area (Å²) in [6, 6.07) is 5.14. The number of carbonyl (C=O) groups is 1. The van der Waals surface area contributed by atoms with Gasteiger partial charge < -0.3 is 5.11 Å². The van der Waals surface area contributed by atoms with E-state index < -0.39 is 11.9 Å². The highest BCUT2D eigenvalue weighted by atomic mass is 16.4. The number of carboxylic acids is 1. The molecule has 3 nitrogen and oxygen atoms in total. The molecule has 66 valence electrons. The van der Waals surface area contributed by atoms with E-state index in [4.69, 9.17) is 11.5 Å². The minimum Gasteiger partial charge on any atom is -0.481 e. The van der Waals surface area contributed by atoms with Gasteiger partial charge in [-0.1, -0.05) is 6.07 Å². The van der Waals surface area contributed by atoms with Crippen LogP contribution in [0.2, 0.25) is 0 Å². The van der Waals surface area contributed by atoms with Crippen LogP contribution in [0.1, 0.15) is 18.0 Å². The van der Waals surface area contributed by atoms with Crippen LogP contribution in [0.4, 0.5) is 0 Å². The Kier molecular flexibility index (Phi) is 3.04. The molecule has 0 spiro atoms. The first-order valence-electron chi connectivity index (χ1n) is 3.83. The van der Waals surface area contributed by atoms with E-state index in [1.807, 2.05) is 0 Å².